The fourth-order valence-corrected chi connectivity index (χ4v) is 4.51. The van der Waals surface area contributed by atoms with E-state index < -0.39 is 0 Å². The standard InChI is InChI=1S/C15H28N2/c1-12-5-6-15(13(2)10-12)17-9-8-16-7-3-4-14(16)11-17/h12-15H,3-11H2,1-2H3. The van der Waals surface area contributed by atoms with Gasteiger partial charge in [0.15, 0.2) is 0 Å². The zero-order valence-corrected chi connectivity index (χ0v) is 11.6. The first-order valence-electron chi connectivity index (χ1n) is 7.72. The van der Waals surface area contributed by atoms with Crippen LogP contribution < -0.4 is 0 Å². The molecule has 0 spiro atoms. The molecule has 0 bridgehead atoms. The smallest absolute Gasteiger partial charge is 0.0224 e. The van der Waals surface area contributed by atoms with E-state index in [2.05, 4.69) is 23.6 Å². The minimum atomic E-state index is 0.897. The van der Waals surface area contributed by atoms with Crippen LogP contribution in [0.25, 0.3) is 0 Å². The fourth-order valence-electron chi connectivity index (χ4n) is 4.51. The van der Waals surface area contributed by atoms with Crippen molar-refractivity contribution in [2.45, 2.75) is 58.0 Å². The van der Waals surface area contributed by atoms with Crippen molar-refractivity contribution in [2.75, 3.05) is 26.2 Å². The Morgan fingerprint density at radius 1 is 0.882 bits per heavy atom. The molecule has 1 saturated carbocycles. The Kier molecular flexibility index (Phi) is 3.45. The average Bonchev–Trinajstić information content (AvgIpc) is 2.75. The van der Waals surface area contributed by atoms with E-state index in [9.17, 15) is 0 Å². The summed E-state index contributed by atoms with van der Waals surface area (Å²) in [5.41, 5.74) is 0. The predicted octanol–water partition coefficient (Wildman–Crippen LogP) is 2.59. The van der Waals surface area contributed by atoms with E-state index in [1.54, 1.807) is 0 Å². The summed E-state index contributed by atoms with van der Waals surface area (Å²) in [6.07, 6.45) is 7.26. The molecule has 4 unspecified atom stereocenters. The first kappa shape index (κ1) is 12.0. The molecule has 1 aliphatic carbocycles. The first-order valence-corrected chi connectivity index (χ1v) is 7.72. The maximum Gasteiger partial charge on any atom is 0.0224 e. The van der Waals surface area contributed by atoms with Gasteiger partial charge in [0.05, 0.1) is 0 Å². The topological polar surface area (TPSA) is 6.48 Å². The first-order chi connectivity index (χ1) is 8.24. The molecule has 3 rings (SSSR count). The Morgan fingerprint density at radius 3 is 2.53 bits per heavy atom. The van der Waals surface area contributed by atoms with Crippen molar-refractivity contribution in [1.29, 1.82) is 0 Å². The normalized spacial score (nSPS) is 44.8. The lowest BCUT2D eigenvalue weighted by atomic mass is 9.79. The lowest BCUT2D eigenvalue weighted by Crippen LogP contribution is -2.55. The predicted molar refractivity (Wildman–Crippen MR) is 72.1 cm³/mol. The second-order valence-electron chi connectivity index (χ2n) is 6.79. The van der Waals surface area contributed by atoms with Gasteiger partial charge in [0.1, 0.15) is 0 Å². The fraction of sp³-hybridized carbons (Fsp3) is 1.00. The molecular weight excluding hydrogens is 208 g/mol. The summed E-state index contributed by atoms with van der Waals surface area (Å²) in [6, 6.07) is 1.80. The molecule has 2 heteroatoms. The summed E-state index contributed by atoms with van der Waals surface area (Å²) >= 11 is 0. The van der Waals surface area contributed by atoms with Crippen molar-refractivity contribution >= 4 is 0 Å². The Labute approximate surface area is 106 Å². The van der Waals surface area contributed by atoms with Gasteiger partial charge in [0, 0.05) is 31.7 Å². The van der Waals surface area contributed by atoms with Crippen LogP contribution in [0.1, 0.15) is 46.0 Å². The Balaban J connectivity index is 1.61. The molecule has 98 valence electrons. The molecule has 2 heterocycles. The van der Waals surface area contributed by atoms with Gasteiger partial charge in [-0.05, 0) is 50.5 Å². The molecule has 17 heavy (non-hydrogen) atoms. The van der Waals surface area contributed by atoms with Crippen LogP contribution in [0.4, 0.5) is 0 Å². The van der Waals surface area contributed by atoms with Gasteiger partial charge < -0.3 is 0 Å². The van der Waals surface area contributed by atoms with Crippen molar-refractivity contribution < 1.29 is 0 Å². The van der Waals surface area contributed by atoms with Crippen LogP contribution in [0.5, 0.6) is 0 Å². The van der Waals surface area contributed by atoms with E-state index in [1.165, 1.54) is 58.3 Å². The third-order valence-electron chi connectivity index (χ3n) is 5.47. The van der Waals surface area contributed by atoms with Crippen LogP contribution in [0.3, 0.4) is 0 Å². The van der Waals surface area contributed by atoms with Gasteiger partial charge in [-0.25, -0.2) is 0 Å². The number of fused-ring (bicyclic) bond motifs is 1. The quantitative estimate of drug-likeness (QED) is 0.690. The maximum absolute atomic E-state index is 2.84. The Hall–Kier alpha value is -0.0800. The number of hydrogen-bond donors (Lipinski definition) is 0. The molecule has 3 aliphatic rings. The number of hydrogen-bond acceptors (Lipinski definition) is 2. The van der Waals surface area contributed by atoms with E-state index in [0.29, 0.717) is 0 Å². The largest absolute Gasteiger partial charge is 0.298 e. The maximum atomic E-state index is 2.84. The highest BCUT2D eigenvalue weighted by molar-refractivity contribution is 4.92. The molecule has 0 aromatic heterocycles. The van der Waals surface area contributed by atoms with Crippen molar-refractivity contribution in [2.24, 2.45) is 11.8 Å². The van der Waals surface area contributed by atoms with Crippen LogP contribution in [0, 0.1) is 11.8 Å². The van der Waals surface area contributed by atoms with Crippen LogP contribution in [0.2, 0.25) is 0 Å². The van der Waals surface area contributed by atoms with Crippen LogP contribution in [0.15, 0.2) is 0 Å². The zero-order valence-electron chi connectivity index (χ0n) is 11.6. The van der Waals surface area contributed by atoms with Crippen molar-refractivity contribution in [1.82, 2.24) is 9.80 Å². The molecule has 0 N–H and O–H groups in total. The average molecular weight is 236 g/mol. The van der Waals surface area contributed by atoms with E-state index in [-0.39, 0.29) is 0 Å². The summed E-state index contributed by atoms with van der Waals surface area (Å²) in [5, 5.41) is 0. The summed E-state index contributed by atoms with van der Waals surface area (Å²) in [7, 11) is 0. The number of rotatable bonds is 1. The van der Waals surface area contributed by atoms with Crippen molar-refractivity contribution in [3.63, 3.8) is 0 Å². The second-order valence-corrected chi connectivity index (χ2v) is 6.79. The molecule has 4 atom stereocenters. The van der Waals surface area contributed by atoms with Gasteiger partial charge in [-0.3, -0.25) is 9.80 Å². The van der Waals surface area contributed by atoms with Gasteiger partial charge in [0.2, 0.25) is 0 Å². The summed E-state index contributed by atoms with van der Waals surface area (Å²) < 4.78 is 0. The molecule has 0 radical (unpaired) electrons. The number of nitrogens with zero attached hydrogens (tertiary/aromatic N) is 2. The lowest BCUT2D eigenvalue weighted by Gasteiger charge is -2.46. The van der Waals surface area contributed by atoms with E-state index in [1.807, 2.05) is 0 Å². The third-order valence-corrected chi connectivity index (χ3v) is 5.47. The van der Waals surface area contributed by atoms with Gasteiger partial charge >= 0.3 is 0 Å². The third kappa shape index (κ3) is 2.39. The molecule has 0 aromatic rings. The highest BCUT2D eigenvalue weighted by Gasteiger charge is 2.36. The minimum absolute atomic E-state index is 0.897. The molecule has 2 aliphatic heterocycles. The van der Waals surface area contributed by atoms with Crippen LogP contribution >= 0.6 is 0 Å². The Morgan fingerprint density at radius 2 is 1.71 bits per heavy atom. The lowest BCUT2D eigenvalue weighted by molar-refractivity contribution is 0.0282. The highest BCUT2D eigenvalue weighted by Crippen LogP contribution is 2.34. The van der Waals surface area contributed by atoms with Gasteiger partial charge in [-0.1, -0.05) is 13.8 Å². The van der Waals surface area contributed by atoms with Gasteiger partial charge in [0.25, 0.3) is 0 Å². The summed E-state index contributed by atoms with van der Waals surface area (Å²) in [6.45, 7) is 10.3. The minimum Gasteiger partial charge on any atom is -0.298 e. The molecule has 0 aromatic carbocycles. The van der Waals surface area contributed by atoms with Crippen molar-refractivity contribution in [3.8, 4) is 0 Å². The summed E-state index contributed by atoms with van der Waals surface area (Å²) in [4.78, 5) is 5.57. The molecule has 2 nitrogen and oxygen atoms in total. The van der Waals surface area contributed by atoms with E-state index in [4.69, 9.17) is 0 Å². The monoisotopic (exact) mass is 236 g/mol. The number of piperazine rings is 1. The van der Waals surface area contributed by atoms with Crippen molar-refractivity contribution in [3.05, 3.63) is 0 Å². The van der Waals surface area contributed by atoms with E-state index in [0.717, 1.165) is 23.9 Å². The van der Waals surface area contributed by atoms with Gasteiger partial charge in [-0.2, -0.15) is 0 Å². The summed E-state index contributed by atoms with van der Waals surface area (Å²) in [5.74, 6) is 1.89. The van der Waals surface area contributed by atoms with Gasteiger partial charge in [-0.15, -0.1) is 0 Å². The Bertz CT molecular complexity index is 266. The molecule has 0 amide bonds. The molecule has 3 fully saturated rings. The highest BCUT2D eigenvalue weighted by atomic mass is 15.3. The molecular formula is C15H28N2. The zero-order chi connectivity index (χ0) is 11.8. The van der Waals surface area contributed by atoms with Crippen LogP contribution in [-0.4, -0.2) is 48.1 Å². The molecule has 2 saturated heterocycles. The SMILES string of the molecule is CC1CCC(N2CCN3CCCC3C2)C(C)C1. The van der Waals surface area contributed by atoms with E-state index >= 15 is 0 Å². The second kappa shape index (κ2) is 4.89. The van der Waals surface area contributed by atoms with Crippen LogP contribution in [-0.2, 0) is 0 Å².